The molecule has 0 fully saturated rings. The van der Waals surface area contributed by atoms with Gasteiger partial charge in [-0.2, -0.15) is 0 Å². The van der Waals surface area contributed by atoms with Gasteiger partial charge in [0, 0.05) is 0 Å². The van der Waals surface area contributed by atoms with E-state index in [-0.39, 0.29) is 0 Å². The summed E-state index contributed by atoms with van der Waals surface area (Å²) in [6.45, 7) is 3.86. The van der Waals surface area contributed by atoms with Gasteiger partial charge < -0.3 is 10.2 Å². The summed E-state index contributed by atoms with van der Waals surface area (Å²) in [6.07, 6.45) is 15.9. The third-order valence-electron chi connectivity index (χ3n) is 1.83. The largest absolute Gasteiger partial charge is 0.462 e. The molecule has 0 aliphatic rings. The molecule has 1 atom stereocenters. The maximum absolute atomic E-state index is 9.39. The van der Waals surface area contributed by atoms with Crippen molar-refractivity contribution in [2.75, 3.05) is 0 Å². The van der Waals surface area contributed by atoms with Gasteiger partial charge in [0.15, 0.2) is 0 Å². The van der Waals surface area contributed by atoms with E-state index < -0.39 is 5.60 Å². The second kappa shape index (κ2) is 9.96. The summed E-state index contributed by atoms with van der Waals surface area (Å²) in [6, 6.07) is 0. The number of terminal acetylenes is 2. The zero-order valence-electron chi connectivity index (χ0n) is 9.08. The molecule has 0 radical (unpaired) electrons. The molecule has 2 nitrogen and oxygen atoms in total. The van der Waals surface area contributed by atoms with Gasteiger partial charge in [-0.3, -0.25) is 0 Å². The molecule has 0 aromatic rings. The van der Waals surface area contributed by atoms with Crippen LogP contribution >= 0.6 is 0 Å². The van der Waals surface area contributed by atoms with E-state index in [1.165, 1.54) is 25.4 Å². The lowest BCUT2D eigenvalue weighted by Crippen LogP contribution is -2.20. The second-order valence-electron chi connectivity index (χ2n) is 3.36. The third-order valence-corrected chi connectivity index (χ3v) is 1.83. The summed E-state index contributed by atoms with van der Waals surface area (Å²) in [5.41, 5.74) is -0.881. The van der Waals surface area contributed by atoms with Crippen molar-refractivity contribution in [3.05, 3.63) is 0 Å². The van der Waals surface area contributed by atoms with Crippen molar-refractivity contribution in [3.8, 4) is 24.9 Å². The molecule has 0 aromatic carbocycles. The number of hydrogen-bond acceptors (Lipinski definition) is 2. The molecule has 2 N–H and O–H groups in total. The zero-order valence-corrected chi connectivity index (χ0v) is 9.08. The van der Waals surface area contributed by atoms with Crippen molar-refractivity contribution in [2.24, 2.45) is 0 Å². The molecule has 80 valence electrons. The van der Waals surface area contributed by atoms with Crippen LogP contribution in [-0.2, 0) is 0 Å². The molecule has 0 saturated heterocycles. The molecule has 0 saturated carbocycles. The van der Waals surface area contributed by atoms with Crippen LogP contribution in [0.25, 0.3) is 0 Å². The van der Waals surface area contributed by atoms with Crippen LogP contribution in [0.5, 0.6) is 0 Å². The Labute approximate surface area is 87.3 Å². The van der Waals surface area contributed by atoms with Gasteiger partial charge in [-0.25, -0.2) is 0 Å². The summed E-state index contributed by atoms with van der Waals surface area (Å²) in [5, 5.41) is 16.5. The van der Waals surface area contributed by atoms with Gasteiger partial charge in [-0.1, -0.05) is 38.5 Å². The van der Waals surface area contributed by atoms with E-state index in [1.807, 2.05) is 0 Å². The average Bonchev–Trinajstić information content (AvgIpc) is 2.14. The highest BCUT2D eigenvalue weighted by molar-refractivity contribution is 5.03. The lowest BCUT2D eigenvalue weighted by atomic mass is 9.99. The van der Waals surface area contributed by atoms with Crippen molar-refractivity contribution in [2.45, 2.75) is 51.6 Å². The fraction of sp³-hybridized carbons (Fsp3) is 0.667. The summed E-state index contributed by atoms with van der Waals surface area (Å²) >= 11 is 0. The van der Waals surface area contributed by atoms with Gasteiger partial charge in [-0.05, 0) is 19.8 Å². The molecular formula is C12H20O2. The lowest BCUT2D eigenvalue weighted by molar-refractivity contribution is 0.109. The van der Waals surface area contributed by atoms with Crippen molar-refractivity contribution in [3.63, 3.8) is 0 Å². The van der Waals surface area contributed by atoms with Crippen LogP contribution in [0.2, 0.25) is 0 Å². The highest BCUT2D eigenvalue weighted by Crippen LogP contribution is 2.13. The number of hydrogen-bond donors (Lipinski definition) is 2. The Morgan fingerprint density at radius 2 is 1.71 bits per heavy atom. The lowest BCUT2D eigenvalue weighted by Gasteiger charge is -2.14. The Balaban J connectivity index is 0. The van der Waals surface area contributed by atoms with Crippen molar-refractivity contribution < 1.29 is 10.2 Å². The standard InChI is InChI=1S/C10H18O.C2H2O/c1-4-6-7-8-9-10(3,11)5-2;1-2-3/h2,11H,4,6-9H2,1,3H3;1,3H. The molecule has 2 heteroatoms. The first-order valence-corrected chi connectivity index (χ1v) is 4.84. The normalized spacial score (nSPS) is 12.6. The summed E-state index contributed by atoms with van der Waals surface area (Å²) in [4.78, 5) is 0. The molecule has 0 heterocycles. The Morgan fingerprint density at radius 3 is 2.07 bits per heavy atom. The molecular weight excluding hydrogens is 176 g/mol. The molecule has 0 aliphatic carbocycles. The fourth-order valence-electron chi connectivity index (χ4n) is 0.968. The SMILES string of the molecule is C#CC(C)(O)CCCCCC.C#CO. The van der Waals surface area contributed by atoms with Gasteiger partial charge in [0.25, 0.3) is 0 Å². The number of rotatable bonds is 5. The maximum atomic E-state index is 9.39. The van der Waals surface area contributed by atoms with Crippen LogP contribution in [0.1, 0.15) is 46.0 Å². The van der Waals surface area contributed by atoms with Crippen molar-refractivity contribution in [1.29, 1.82) is 0 Å². The monoisotopic (exact) mass is 196 g/mol. The first kappa shape index (κ1) is 15.4. The summed E-state index contributed by atoms with van der Waals surface area (Å²) < 4.78 is 0. The number of aliphatic hydroxyl groups is 2. The van der Waals surface area contributed by atoms with Crippen molar-refractivity contribution in [1.82, 2.24) is 0 Å². The van der Waals surface area contributed by atoms with Gasteiger partial charge in [0.1, 0.15) is 11.7 Å². The molecule has 1 unspecified atom stereocenters. The summed E-state index contributed by atoms with van der Waals surface area (Å²) in [5.74, 6) is 2.37. The predicted molar refractivity (Wildman–Crippen MR) is 59.0 cm³/mol. The van der Waals surface area contributed by atoms with Gasteiger partial charge >= 0.3 is 0 Å². The molecule has 0 amide bonds. The van der Waals surface area contributed by atoms with Gasteiger partial charge in [0.05, 0.1) is 0 Å². The predicted octanol–water partition coefficient (Wildman–Crippen LogP) is 2.29. The first-order valence-electron chi connectivity index (χ1n) is 4.84. The van der Waals surface area contributed by atoms with Crippen LogP contribution in [0, 0.1) is 24.9 Å². The van der Waals surface area contributed by atoms with Crippen LogP contribution < -0.4 is 0 Å². The maximum Gasteiger partial charge on any atom is 0.122 e. The molecule has 0 aromatic heterocycles. The third kappa shape index (κ3) is 13.5. The van der Waals surface area contributed by atoms with E-state index >= 15 is 0 Å². The van der Waals surface area contributed by atoms with Crippen LogP contribution in [0.3, 0.4) is 0 Å². The molecule has 0 bridgehead atoms. The first-order chi connectivity index (χ1) is 6.54. The van der Waals surface area contributed by atoms with E-state index in [2.05, 4.69) is 19.3 Å². The Morgan fingerprint density at radius 1 is 1.21 bits per heavy atom. The van der Waals surface area contributed by atoms with E-state index in [0.29, 0.717) is 0 Å². The molecule has 0 aliphatic heterocycles. The quantitative estimate of drug-likeness (QED) is 0.523. The highest BCUT2D eigenvalue weighted by atomic mass is 16.3. The van der Waals surface area contributed by atoms with E-state index in [9.17, 15) is 5.11 Å². The zero-order chi connectivity index (χ0) is 11.4. The highest BCUT2D eigenvalue weighted by Gasteiger charge is 2.14. The minimum Gasteiger partial charge on any atom is -0.462 e. The van der Waals surface area contributed by atoms with Crippen LogP contribution in [0.4, 0.5) is 0 Å². The minimum absolute atomic E-state index is 0.726. The number of aliphatic hydroxyl groups excluding tert-OH is 1. The Bertz CT molecular complexity index is 193. The van der Waals surface area contributed by atoms with E-state index in [4.69, 9.17) is 11.5 Å². The fourth-order valence-corrected chi connectivity index (χ4v) is 0.968. The molecule has 0 rings (SSSR count). The number of unbranched alkanes of at least 4 members (excludes halogenated alkanes) is 3. The Hall–Kier alpha value is -1.12. The van der Waals surface area contributed by atoms with Crippen LogP contribution in [-0.4, -0.2) is 15.8 Å². The molecule has 14 heavy (non-hydrogen) atoms. The van der Waals surface area contributed by atoms with E-state index in [0.717, 1.165) is 12.8 Å². The average molecular weight is 196 g/mol. The molecule has 0 spiro atoms. The smallest absolute Gasteiger partial charge is 0.122 e. The second-order valence-corrected chi connectivity index (χ2v) is 3.36. The van der Waals surface area contributed by atoms with Crippen LogP contribution in [0.15, 0.2) is 0 Å². The van der Waals surface area contributed by atoms with Crippen molar-refractivity contribution >= 4 is 0 Å². The minimum atomic E-state index is -0.881. The van der Waals surface area contributed by atoms with Gasteiger partial charge in [0.2, 0.25) is 0 Å². The van der Waals surface area contributed by atoms with Gasteiger partial charge in [-0.15, -0.1) is 6.42 Å². The summed E-state index contributed by atoms with van der Waals surface area (Å²) in [7, 11) is 0. The van der Waals surface area contributed by atoms with E-state index in [1.54, 1.807) is 6.92 Å². The topological polar surface area (TPSA) is 40.5 Å². The Kier molecular flexibility index (Phi) is 10.9.